The van der Waals surface area contributed by atoms with E-state index in [1.165, 1.54) is 18.3 Å². The van der Waals surface area contributed by atoms with E-state index in [2.05, 4.69) is 10.5 Å². The quantitative estimate of drug-likeness (QED) is 0.249. The van der Waals surface area contributed by atoms with Crippen molar-refractivity contribution in [2.45, 2.75) is 18.7 Å². The fourth-order valence-corrected chi connectivity index (χ4v) is 5.20. The number of phenolic OH excluding ortho intramolecular Hbond substituents is 1. The van der Waals surface area contributed by atoms with Crippen molar-refractivity contribution in [2.75, 3.05) is 17.5 Å². The van der Waals surface area contributed by atoms with E-state index in [9.17, 15) is 18.3 Å². The molecule has 0 saturated carbocycles. The first-order valence-corrected chi connectivity index (χ1v) is 13.1. The van der Waals surface area contributed by atoms with Crippen molar-refractivity contribution in [3.63, 3.8) is 0 Å². The first kappa shape index (κ1) is 25.7. The second-order valence-electron chi connectivity index (χ2n) is 8.26. The van der Waals surface area contributed by atoms with E-state index < -0.39 is 22.5 Å². The maximum absolute atomic E-state index is 13.5. The number of benzene rings is 4. The number of rotatable bonds is 9. The van der Waals surface area contributed by atoms with Crippen molar-refractivity contribution < 1.29 is 23.1 Å². The number of amides is 1. The number of nitrogens with zero attached hydrogens (tertiary/aromatic N) is 2. The minimum Gasteiger partial charge on any atom is -0.507 e. The highest BCUT2D eigenvalue weighted by Crippen LogP contribution is 2.27. The summed E-state index contributed by atoms with van der Waals surface area (Å²) in [5.74, 6) is -0.0887. The Labute approximate surface area is 215 Å². The zero-order valence-corrected chi connectivity index (χ0v) is 21.3. The van der Waals surface area contributed by atoms with Gasteiger partial charge in [-0.2, -0.15) is 5.10 Å². The van der Waals surface area contributed by atoms with Crippen LogP contribution in [0.1, 0.15) is 18.1 Å². The van der Waals surface area contributed by atoms with Crippen LogP contribution in [0, 0.1) is 6.92 Å². The van der Waals surface area contributed by atoms with Gasteiger partial charge < -0.3 is 9.84 Å². The van der Waals surface area contributed by atoms with Gasteiger partial charge in [-0.05, 0) is 67.1 Å². The summed E-state index contributed by atoms with van der Waals surface area (Å²) >= 11 is 0. The van der Waals surface area contributed by atoms with Gasteiger partial charge in [0.2, 0.25) is 0 Å². The van der Waals surface area contributed by atoms with E-state index in [4.69, 9.17) is 4.74 Å². The molecule has 0 atom stereocenters. The van der Waals surface area contributed by atoms with Crippen molar-refractivity contribution in [1.82, 2.24) is 5.43 Å². The normalized spacial score (nSPS) is 11.5. The van der Waals surface area contributed by atoms with Crippen LogP contribution in [0.2, 0.25) is 0 Å². The number of ether oxygens (including phenoxy) is 1. The molecule has 9 heteroatoms. The Morgan fingerprint density at radius 2 is 1.70 bits per heavy atom. The number of phenols is 1. The second-order valence-corrected chi connectivity index (χ2v) is 10.1. The fourth-order valence-electron chi connectivity index (χ4n) is 3.78. The van der Waals surface area contributed by atoms with E-state index in [0.717, 1.165) is 20.6 Å². The Morgan fingerprint density at radius 1 is 1.00 bits per heavy atom. The van der Waals surface area contributed by atoms with E-state index in [-0.39, 0.29) is 10.6 Å². The monoisotopic (exact) mass is 517 g/mol. The summed E-state index contributed by atoms with van der Waals surface area (Å²) < 4.78 is 33.5. The Bertz CT molecular complexity index is 1530. The highest BCUT2D eigenvalue weighted by atomic mass is 32.2. The van der Waals surface area contributed by atoms with Gasteiger partial charge in [-0.1, -0.05) is 48.0 Å². The van der Waals surface area contributed by atoms with Crippen LogP contribution in [0.15, 0.2) is 94.9 Å². The van der Waals surface area contributed by atoms with Gasteiger partial charge in [0.25, 0.3) is 15.9 Å². The van der Waals surface area contributed by atoms with Gasteiger partial charge in [-0.15, -0.1) is 0 Å². The molecule has 0 unspecified atom stereocenters. The number of carbonyl (C=O) groups is 1. The van der Waals surface area contributed by atoms with Gasteiger partial charge in [0.15, 0.2) is 0 Å². The van der Waals surface area contributed by atoms with Crippen LogP contribution in [-0.4, -0.2) is 38.8 Å². The van der Waals surface area contributed by atoms with Gasteiger partial charge in [0.05, 0.1) is 23.4 Å². The molecule has 4 aromatic rings. The molecular formula is C28H27N3O5S. The molecule has 0 heterocycles. The molecule has 0 aromatic heterocycles. The number of aryl methyl sites for hydroxylation is 1. The minimum absolute atomic E-state index is 0.0102. The molecule has 0 aliphatic rings. The lowest BCUT2D eigenvalue weighted by Crippen LogP contribution is -2.39. The predicted molar refractivity (Wildman–Crippen MR) is 145 cm³/mol. The Morgan fingerprint density at radius 3 is 2.41 bits per heavy atom. The summed E-state index contributed by atoms with van der Waals surface area (Å²) in [6.07, 6.45) is 1.34. The molecule has 0 fully saturated rings. The van der Waals surface area contributed by atoms with Crippen molar-refractivity contribution in [3.8, 4) is 11.5 Å². The van der Waals surface area contributed by atoms with Crippen LogP contribution < -0.4 is 14.5 Å². The summed E-state index contributed by atoms with van der Waals surface area (Å²) in [7, 11) is -4.08. The number of hydrogen-bond donors (Lipinski definition) is 2. The lowest BCUT2D eigenvalue weighted by Gasteiger charge is -2.24. The fraction of sp³-hybridized carbons (Fsp3) is 0.143. The van der Waals surface area contributed by atoms with Gasteiger partial charge in [-0.3, -0.25) is 9.10 Å². The average molecular weight is 518 g/mol. The molecule has 8 nitrogen and oxygen atoms in total. The lowest BCUT2D eigenvalue weighted by molar-refractivity contribution is -0.119. The molecule has 0 bridgehead atoms. The third-order valence-electron chi connectivity index (χ3n) is 5.66. The van der Waals surface area contributed by atoms with Crippen LogP contribution in [0.25, 0.3) is 10.8 Å². The molecule has 4 aromatic carbocycles. The molecule has 0 saturated heterocycles. The highest BCUT2D eigenvalue weighted by Gasteiger charge is 2.27. The predicted octanol–water partition coefficient (Wildman–Crippen LogP) is 4.60. The summed E-state index contributed by atoms with van der Waals surface area (Å²) in [6, 6.07) is 23.7. The van der Waals surface area contributed by atoms with Crippen molar-refractivity contribution in [3.05, 3.63) is 96.1 Å². The third-order valence-corrected chi connectivity index (χ3v) is 7.45. The number of hydrazone groups is 1. The van der Waals surface area contributed by atoms with Crippen LogP contribution >= 0.6 is 0 Å². The largest absolute Gasteiger partial charge is 0.507 e. The summed E-state index contributed by atoms with van der Waals surface area (Å²) in [5.41, 5.74) is 4.11. The maximum Gasteiger partial charge on any atom is 0.264 e. The smallest absolute Gasteiger partial charge is 0.264 e. The van der Waals surface area contributed by atoms with Gasteiger partial charge in [0.1, 0.15) is 18.0 Å². The van der Waals surface area contributed by atoms with Gasteiger partial charge >= 0.3 is 0 Å². The van der Waals surface area contributed by atoms with Crippen LogP contribution in [-0.2, 0) is 14.8 Å². The van der Waals surface area contributed by atoms with E-state index >= 15 is 0 Å². The van der Waals surface area contributed by atoms with Crippen LogP contribution in [0.5, 0.6) is 11.5 Å². The molecule has 1 amide bonds. The Kier molecular flexibility index (Phi) is 7.74. The van der Waals surface area contributed by atoms with Gasteiger partial charge in [-0.25, -0.2) is 13.8 Å². The van der Waals surface area contributed by atoms with Crippen molar-refractivity contribution >= 4 is 38.6 Å². The number of hydrogen-bond acceptors (Lipinski definition) is 6. The molecule has 0 aliphatic heterocycles. The SMILES string of the molecule is CCOc1ccc(S(=O)(=O)N(CC(=O)NN=Cc2c(O)ccc3ccccc23)c2ccc(C)cc2)cc1. The number of sulfonamides is 1. The minimum atomic E-state index is -4.08. The van der Waals surface area contributed by atoms with E-state index in [0.29, 0.717) is 23.6 Å². The summed E-state index contributed by atoms with van der Waals surface area (Å²) in [5, 5.41) is 15.9. The molecule has 0 radical (unpaired) electrons. The lowest BCUT2D eigenvalue weighted by atomic mass is 10.0. The zero-order valence-electron chi connectivity index (χ0n) is 20.5. The van der Waals surface area contributed by atoms with Crippen molar-refractivity contribution in [1.29, 1.82) is 0 Å². The van der Waals surface area contributed by atoms with E-state index in [1.807, 2.05) is 38.1 Å². The molecular weight excluding hydrogens is 490 g/mol. The number of nitrogens with one attached hydrogen (secondary N) is 1. The van der Waals surface area contributed by atoms with Gasteiger partial charge in [0, 0.05) is 5.56 Å². The molecule has 0 aliphatic carbocycles. The Balaban J connectivity index is 1.58. The first-order chi connectivity index (χ1) is 17.8. The third kappa shape index (κ3) is 5.90. The molecule has 190 valence electrons. The molecule has 37 heavy (non-hydrogen) atoms. The molecule has 0 spiro atoms. The number of carbonyl (C=O) groups excluding carboxylic acids is 1. The Hall–Kier alpha value is -4.37. The number of fused-ring (bicyclic) bond motifs is 1. The molecule has 2 N–H and O–H groups in total. The van der Waals surface area contributed by atoms with Crippen molar-refractivity contribution in [2.24, 2.45) is 5.10 Å². The standard InChI is InChI=1S/C28H27N3O5S/c1-3-36-23-13-15-24(16-14-23)37(34,35)31(22-11-8-20(2)9-12-22)19-28(33)30-29-18-26-25-7-5-4-6-21(25)10-17-27(26)32/h4-18,32H,3,19H2,1-2H3,(H,30,33). The van der Waals surface area contributed by atoms with E-state index in [1.54, 1.807) is 48.5 Å². The summed E-state index contributed by atoms with van der Waals surface area (Å²) in [4.78, 5) is 12.9. The zero-order chi connectivity index (χ0) is 26.4. The highest BCUT2D eigenvalue weighted by molar-refractivity contribution is 7.92. The average Bonchev–Trinajstić information content (AvgIpc) is 2.89. The number of aromatic hydroxyl groups is 1. The van der Waals surface area contributed by atoms with Crippen LogP contribution in [0.3, 0.4) is 0 Å². The number of anilines is 1. The molecule has 4 rings (SSSR count). The first-order valence-electron chi connectivity index (χ1n) is 11.6. The second kappa shape index (κ2) is 11.1. The topological polar surface area (TPSA) is 108 Å². The summed E-state index contributed by atoms with van der Waals surface area (Å²) in [6.45, 7) is 3.68. The van der Waals surface area contributed by atoms with Crippen LogP contribution in [0.4, 0.5) is 5.69 Å². The maximum atomic E-state index is 13.5.